The van der Waals surface area contributed by atoms with E-state index in [0.717, 1.165) is 34.6 Å². The van der Waals surface area contributed by atoms with Crippen molar-refractivity contribution in [2.75, 3.05) is 6.54 Å². The number of hydrogen-bond donors (Lipinski definition) is 2. The first kappa shape index (κ1) is 19.5. The number of nitrogens with zero attached hydrogens (tertiary/aromatic N) is 4. The first-order chi connectivity index (χ1) is 11.8. The molecule has 0 radical (unpaired) electrons. The molecule has 2 aromatic heterocycles. The second-order valence-corrected chi connectivity index (χ2v) is 5.66. The van der Waals surface area contributed by atoms with Crippen LogP contribution in [0.25, 0.3) is 5.65 Å². The number of benzene rings is 1. The quantitative estimate of drug-likeness (QED) is 0.341. The minimum atomic E-state index is 0. The van der Waals surface area contributed by atoms with Crippen LogP contribution in [0.3, 0.4) is 0 Å². The molecule has 0 aliphatic carbocycles. The zero-order valence-corrected chi connectivity index (χ0v) is 16.9. The number of nitrogens with one attached hydrogen (secondary N) is 2. The molecule has 2 heterocycles. The molecule has 3 rings (SSSR count). The van der Waals surface area contributed by atoms with Gasteiger partial charge in [-0.3, -0.25) is 4.40 Å². The maximum atomic E-state index is 5.90. The van der Waals surface area contributed by atoms with Crippen LogP contribution in [-0.2, 0) is 13.1 Å². The van der Waals surface area contributed by atoms with Crippen LogP contribution in [0, 0.1) is 0 Å². The molecule has 0 unspecified atom stereocenters. The van der Waals surface area contributed by atoms with Crippen molar-refractivity contribution in [3.63, 3.8) is 0 Å². The Kier molecular flexibility index (Phi) is 7.45. The fraction of sp³-hybridized carbons (Fsp3) is 0.235. The van der Waals surface area contributed by atoms with Crippen molar-refractivity contribution in [3.8, 4) is 0 Å². The van der Waals surface area contributed by atoms with Crippen molar-refractivity contribution in [2.45, 2.75) is 20.0 Å². The Hall–Kier alpha value is -1.87. The molecule has 8 heteroatoms. The van der Waals surface area contributed by atoms with Crippen LogP contribution in [0.15, 0.2) is 53.7 Å². The van der Waals surface area contributed by atoms with E-state index in [9.17, 15) is 0 Å². The molecular weight excluding hydrogens is 451 g/mol. The summed E-state index contributed by atoms with van der Waals surface area (Å²) in [6.07, 6.45) is 1.95. The molecule has 3 aromatic rings. The number of rotatable bonds is 5. The van der Waals surface area contributed by atoms with Gasteiger partial charge in [0.15, 0.2) is 17.4 Å². The lowest BCUT2D eigenvalue weighted by molar-refractivity contribution is 0.765. The SMILES string of the molecule is CCNC(=NCc1ccc(Cl)cc1)NCc1nnc2ccccn12.I. The average molecular weight is 471 g/mol. The first-order valence-corrected chi connectivity index (χ1v) is 8.19. The molecule has 0 saturated carbocycles. The van der Waals surface area contributed by atoms with E-state index in [0.29, 0.717) is 13.1 Å². The van der Waals surface area contributed by atoms with Gasteiger partial charge >= 0.3 is 0 Å². The molecule has 25 heavy (non-hydrogen) atoms. The summed E-state index contributed by atoms with van der Waals surface area (Å²) >= 11 is 5.90. The Morgan fingerprint density at radius 3 is 2.68 bits per heavy atom. The summed E-state index contributed by atoms with van der Waals surface area (Å²) in [5.74, 6) is 1.57. The number of guanidine groups is 1. The van der Waals surface area contributed by atoms with E-state index in [1.54, 1.807) is 0 Å². The van der Waals surface area contributed by atoms with Gasteiger partial charge < -0.3 is 10.6 Å². The normalized spacial score (nSPS) is 11.2. The van der Waals surface area contributed by atoms with Gasteiger partial charge in [0, 0.05) is 17.8 Å². The molecule has 0 fully saturated rings. The van der Waals surface area contributed by atoms with Crippen LogP contribution >= 0.6 is 35.6 Å². The Labute approximate surface area is 168 Å². The zero-order chi connectivity index (χ0) is 16.8. The van der Waals surface area contributed by atoms with Crippen molar-refractivity contribution in [3.05, 3.63) is 65.1 Å². The maximum Gasteiger partial charge on any atom is 0.191 e. The maximum absolute atomic E-state index is 5.90. The lowest BCUT2D eigenvalue weighted by atomic mass is 10.2. The Morgan fingerprint density at radius 1 is 1.12 bits per heavy atom. The monoisotopic (exact) mass is 470 g/mol. The summed E-state index contributed by atoms with van der Waals surface area (Å²) < 4.78 is 1.95. The number of hydrogen-bond acceptors (Lipinski definition) is 3. The third-order valence-corrected chi connectivity index (χ3v) is 3.73. The standard InChI is InChI=1S/C17H19ClN6.HI/c1-2-19-17(20-11-13-6-8-14(18)9-7-13)21-12-16-23-22-15-5-3-4-10-24(15)16;/h3-10H,2,11-12H2,1H3,(H2,19,20,21);1H. The van der Waals surface area contributed by atoms with Crippen molar-refractivity contribution < 1.29 is 0 Å². The molecule has 0 saturated heterocycles. The molecule has 2 N–H and O–H groups in total. The van der Waals surface area contributed by atoms with Crippen molar-refractivity contribution >= 4 is 47.2 Å². The fourth-order valence-electron chi connectivity index (χ4n) is 2.28. The molecule has 0 aliphatic rings. The van der Waals surface area contributed by atoms with E-state index in [4.69, 9.17) is 11.6 Å². The predicted molar refractivity (Wildman–Crippen MR) is 112 cm³/mol. The fourth-order valence-corrected chi connectivity index (χ4v) is 2.40. The average Bonchev–Trinajstić information content (AvgIpc) is 3.02. The van der Waals surface area contributed by atoms with Gasteiger partial charge in [0.05, 0.1) is 13.1 Å². The van der Waals surface area contributed by atoms with Crippen LogP contribution in [-0.4, -0.2) is 27.1 Å². The van der Waals surface area contributed by atoms with Crippen LogP contribution in [0.1, 0.15) is 18.3 Å². The second-order valence-electron chi connectivity index (χ2n) is 5.22. The van der Waals surface area contributed by atoms with Gasteiger partial charge in [-0.25, -0.2) is 4.99 Å². The van der Waals surface area contributed by atoms with E-state index < -0.39 is 0 Å². The molecule has 6 nitrogen and oxygen atoms in total. The zero-order valence-electron chi connectivity index (χ0n) is 13.8. The summed E-state index contributed by atoms with van der Waals surface area (Å²) in [5.41, 5.74) is 1.93. The molecule has 0 amide bonds. The highest BCUT2D eigenvalue weighted by molar-refractivity contribution is 14.0. The molecule has 0 atom stereocenters. The van der Waals surface area contributed by atoms with Crippen molar-refractivity contribution in [1.29, 1.82) is 0 Å². The van der Waals surface area contributed by atoms with E-state index in [1.165, 1.54) is 0 Å². The smallest absolute Gasteiger partial charge is 0.191 e. The van der Waals surface area contributed by atoms with E-state index in [-0.39, 0.29) is 24.0 Å². The van der Waals surface area contributed by atoms with Crippen molar-refractivity contribution in [2.24, 2.45) is 4.99 Å². The minimum Gasteiger partial charge on any atom is -0.357 e. The van der Waals surface area contributed by atoms with Crippen molar-refractivity contribution in [1.82, 2.24) is 25.2 Å². The van der Waals surface area contributed by atoms with Gasteiger partial charge in [-0.15, -0.1) is 34.2 Å². The number of aliphatic imine (C=N–C) groups is 1. The highest BCUT2D eigenvalue weighted by atomic mass is 127. The highest BCUT2D eigenvalue weighted by Gasteiger charge is 2.05. The minimum absolute atomic E-state index is 0. The summed E-state index contributed by atoms with van der Waals surface area (Å²) in [7, 11) is 0. The van der Waals surface area contributed by atoms with E-state index in [1.807, 2.05) is 60.0 Å². The van der Waals surface area contributed by atoms with Crippen LogP contribution in [0.5, 0.6) is 0 Å². The molecule has 0 bridgehead atoms. The first-order valence-electron chi connectivity index (χ1n) is 7.81. The Bertz CT molecular complexity index is 831. The number of pyridine rings is 1. The summed E-state index contributed by atoms with van der Waals surface area (Å²) in [6.45, 7) is 3.93. The van der Waals surface area contributed by atoms with Crippen LogP contribution in [0.4, 0.5) is 0 Å². The Morgan fingerprint density at radius 2 is 1.92 bits per heavy atom. The number of fused-ring (bicyclic) bond motifs is 1. The van der Waals surface area contributed by atoms with Crippen LogP contribution < -0.4 is 10.6 Å². The van der Waals surface area contributed by atoms with Gasteiger partial charge in [-0.1, -0.05) is 29.8 Å². The number of aromatic nitrogens is 3. The van der Waals surface area contributed by atoms with E-state index in [2.05, 4.69) is 25.8 Å². The molecule has 1 aromatic carbocycles. The van der Waals surface area contributed by atoms with Gasteiger partial charge in [-0.05, 0) is 36.8 Å². The summed E-state index contributed by atoms with van der Waals surface area (Å²) in [4.78, 5) is 4.59. The lowest BCUT2D eigenvalue weighted by Gasteiger charge is -2.10. The van der Waals surface area contributed by atoms with E-state index >= 15 is 0 Å². The second kappa shape index (κ2) is 9.57. The van der Waals surface area contributed by atoms with Gasteiger partial charge in [0.2, 0.25) is 0 Å². The molecule has 0 spiro atoms. The topological polar surface area (TPSA) is 66.6 Å². The highest BCUT2D eigenvalue weighted by Crippen LogP contribution is 2.10. The lowest BCUT2D eigenvalue weighted by Crippen LogP contribution is -2.37. The third-order valence-electron chi connectivity index (χ3n) is 3.48. The van der Waals surface area contributed by atoms with Crippen LogP contribution in [0.2, 0.25) is 5.02 Å². The number of halogens is 2. The molecule has 0 aliphatic heterocycles. The van der Waals surface area contributed by atoms with Gasteiger partial charge in [0.25, 0.3) is 0 Å². The largest absolute Gasteiger partial charge is 0.357 e. The third kappa shape index (κ3) is 5.30. The van der Waals surface area contributed by atoms with Gasteiger partial charge in [0.1, 0.15) is 0 Å². The Balaban J connectivity index is 0.00000225. The molecule has 132 valence electrons. The molecular formula is C17H20ClIN6. The predicted octanol–water partition coefficient (Wildman–Crippen LogP) is 3.26. The summed E-state index contributed by atoms with van der Waals surface area (Å²) in [5, 5.41) is 15.6. The van der Waals surface area contributed by atoms with Gasteiger partial charge in [-0.2, -0.15) is 0 Å². The summed E-state index contributed by atoms with van der Waals surface area (Å²) in [6, 6.07) is 13.5.